The summed E-state index contributed by atoms with van der Waals surface area (Å²) in [4.78, 5) is 39.8. The summed E-state index contributed by atoms with van der Waals surface area (Å²) < 4.78 is 25.1. The number of halogens is 1. The van der Waals surface area contributed by atoms with E-state index in [4.69, 9.17) is 9.47 Å². The Balaban J connectivity index is 1.92. The van der Waals surface area contributed by atoms with Crippen LogP contribution in [0.4, 0.5) is 9.18 Å². The number of nitrogens with one attached hydrogen (secondary N) is 1. The second-order valence-corrected chi connectivity index (χ2v) is 8.82. The normalized spacial score (nSPS) is 11.3. The zero-order valence-corrected chi connectivity index (χ0v) is 19.5. The molecule has 0 aliphatic carbocycles. The number of methoxy groups -OCH3 is 1. The summed E-state index contributed by atoms with van der Waals surface area (Å²) >= 11 is 0. The highest BCUT2D eigenvalue weighted by molar-refractivity contribution is 5.87. The number of aromatic nitrogens is 1. The average Bonchev–Trinajstić information content (AvgIpc) is 2.76. The molecule has 8 nitrogen and oxygen atoms in total. The fourth-order valence-electron chi connectivity index (χ4n) is 3.57. The number of carbonyl (C=O) groups excluding carboxylic acids is 2. The molecule has 0 aliphatic rings. The van der Waals surface area contributed by atoms with Crippen LogP contribution in [0.5, 0.6) is 11.5 Å². The van der Waals surface area contributed by atoms with Crippen LogP contribution in [0, 0.1) is 5.82 Å². The van der Waals surface area contributed by atoms with Crippen molar-refractivity contribution in [2.45, 2.75) is 39.3 Å². The predicted octanol–water partition coefficient (Wildman–Crippen LogP) is 4.17. The number of aldehydes is 1. The van der Waals surface area contributed by atoms with Crippen LogP contribution in [0.3, 0.4) is 0 Å². The molecule has 1 aromatic heterocycles. The highest BCUT2D eigenvalue weighted by Crippen LogP contribution is 2.27. The molecule has 9 heteroatoms. The van der Waals surface area contributed by atoms with Gasteiger partial charge in [-0.15, -0.1) is 0 Å². The molecule has 0 fully saturated rings. The Morgan fingerprint density at radius 1 is 1.21 bits per heavy atom. The molecule has 3 rings (SSSR count). The number of nitrogens with zero attached hydrogens (tertiary/aromatic N) is 1. The van der Waals surface area contributed by atoms with Crippen molar-refractivity contribution in [2.75, 3.05) is 13.7 Å². The molecule has 180 valence electrons. The number of carbonyl (C=O) groups is 2. The van der Waals surface area contributed by atoms with E-state index in [0.29, 0.717) is 29.2 Å². The average molecular weight is 470 g/mol. The van der Waals surface area contributed by atoms with Gasteiger partial charge in [-0.25, -0.2) is 9.18 Å². The lowest BCUT2D eigenvalue weighted by Crippen LogP contribution is -2.37. The van der Waals surface area contributed by atoms with Crippen LogP contribution in [0.2, 0.25) is 0 Å². The zero-order valence-electron chi connectivity index (χ0n) is 19.5. The van der Waals surface area contributed by atoms with E-state index in [0.717, 1.165) is 5.56 Å². The van der Waals surface area contributed by atoms with Gasteiger partial charge in [-0.1, -0.05) is 6.07 Å². The third-order valence-corrected chi connectivity index (χ3v) is 5.13. The molecular formula is C25H27FN2O6. The van der Waals surface area contributed by atoms with Gasteiger partial charge in [0.15, 0.2) is 6.29 Å². The number of benzene rings is 2. The van der Waals surface area contributed by atoms with Crippen molar-refractivity contribution >= 4 is 23.3 Å². The summed E-state index contributed by atoms with van der Waals surface area (Å²) in [5.41, 5.74) is 0.239. The van der Waals surface area contributed by atoms with Crippen LogP contribution in [0.1, 0.15) is 42.3 Å². The third kappa shape index (κ3) is 5.72. The minimum Gasteiger partial charge on any atom is -0.506 e. The van der Waals surface area contributed by atoms with Gasteiger partial charge in [0, 0.05) is 24.5 Å². The molecule has 0 saturated heterocycles. The lowest BCUT2D eigenvalue weighted by atomic mass is 10.0. The van der Waals surface area contributed by atoms with Gasteiger partial charge in [-0.05, 0) is 62.6 Å². The van der Waals surface area contributed by atoms with Crippen LogP contribution in [-0.2, 0) is 17.7 Å². The lowest BCUT2D eigenvalue weighted by Gasteiger charge is -2.28. The van der Waals surface area contributed by atoms with Crippen molar-refractivity contribution < 1.29 is 28.6 Å². The fourth-order valence-corrected chi connectivity index (χ4v) is 3.57. The van der Waals surface area contributed by atoms with Crippen LogP contribution in [0.25, 0.3) is 10.9 Å². The maximum atomic E-state index is 14.4. The molecule has 0 bridgehead atoms. The van der Waals surface area contributed by atoms with E-state index in [1.54, 1.807) is 32.9 Å². The fraction of sp³-hybridized carbons (Fsp3) is 0.320. The largest absolute Gasteiger partial charge is 0.506 e. The Kier molecular flexibility index (Phi) is 7.24. The molecular weight excluding hydrogens is 443 g/mol. The molecule has 2 aromatic carbocycles. The molecule has 0 aliphatic heterocycles. The first-order valence-electron chi connectivity index (χ1n) is 10.7. The van der Waals surface area contributed by atoms with Gasteiger partial charge in [-0.2, -0.15) is 0 Å². The van der Waals surface area contributed by atoms with Crippen molar-refractivity contribution in [3.05, 3.63) is 69.3 Å². The molecule has 1 heterocycles. The Morgan fingerprint density at radius 3 is 2.59 bits per heavy atom. The van der Waals surface area contributed by atoms with Gasteiger partial charge in [-0.3, -0.25) is 9.59 Å². The molecule has 0 radical (unpaired) electrons. The molecule has 3 aromatic rings. The third-order valence-electron chi connectivity index (χ3n) is 5.13. The number of H-pyrrole nitrogens is 1. The van der Waals surface area contributed by atoms with Gasteiger partial charge in [0.05, 0.1) is 18.2 Å². The van der Waals surface area contributed by atoms with Crippen molar-refractivity contribution in [3.8, 4) is 11.5 Å². The van der Waals surface area contributed by atoms with Gasteiger partial charge in [0.2, 0.25) is 5.56 Å². The van der Waals surface area contributed by atoms with Crippen molar-refractivity contribution in [1.82, 2.24) is 9.88 Å². The Hall–Kier alpha value is -3.88. The smallest absolute Gasteiger partial charge is 0.410 e. The zero-order chi connectivity index (χ0) is 25.0. The summed E-state index contributed by atoms with van der Waals surface area (Å²) in [6.07, 6.45) is 0.153. The van der Waals surface area contributed by atoms with E-state index >= 15 is 0 Å². The second-order valence-electron chi connectivity index (χ2n) is 8.82. The van der Waals surface area contributed by atoms with Crippen LogP contribution >= 0.6 is 0 Å². The Morgan fingerprint density at radius 2 is 1.94 bits per heavy atom. The summed E-state index contributed by atoms with van der Waals surface area (Å²) in [5.74, 6) is -0.733. The number of pyridine rings is 1. The molecule has 34 heavy (non-hydrogen) atoms. The number of hydrogen-bond acceptors (Lipinski definition) is 6. The Labute approximate surface area is 195 Å². The number of fused-ring (bicyclic) bond motifs is 1. The highest BCUT2D eigenvalue weighted by Gasteiger charge is 2.23. The molecule has 1 amide bonds. The minimum absolute atomic E-state index is 0.00811. The molecule has 0 spiro atoms. The summed E-state index contributed by atoms with van der Waals surface area (Å²) in [7, 11) is 1.33. The van der Waals surface area contributed by atoms with Crippen molar-refractivity contribution in [2.24, 2.45) is 0 Å². The number of aromatic hydroxyl groups is 1. The maximum absolute atomic E-state index is 14.4. The van der Waals surface area contributed by atoms with Crippen molar-refractivity contribution in [1.29, 1.82) is 0 Å². The minimum atomic E-state index is -0.748. The number of hydrogen-bond donors (Lipinski definition) is 2. The summed E-state index contributed by atoms with van der Waals surface area (Å²) in [5, 5.41) is 10.7. The molecule has 2 N–H and O–H groups in total. The highest BCUT2D eigenvalue weighted by atomic mass is 19.1. The SMILES string of the molecule is COc1cc(CN(CCc2ccc(O)c3[nH]c(=O)ccc23)C(=O)OC(C)(C)C)cc(F)c1C=O. The first kappa shape index (κ1) is 24.8. The van der Waals surface area contributed by atoms with Gasteiger partial charge in [0.25, 0.3) is 0 Å². The van der Waals surface area contributed by atoms with Gasteiger partial charge in [0.1, 0.15) is 22.9 Å². The summed E-state index contributed by atoms with van der Waals surface area (Å²) in [6.45, 7) is 5.44. The van der Waals surface area contributed by atoms with Crippen molar-refractivity contribution in [3.63, 3.8) is 0 Å². The van der Waals surface area contributed by atoms with Crippen LogP contribution < -0.4 is 10.3 Å². The van der Waals surface area contributed by atoms with E-state index in [-0.39, 0.29) is 35.7 Å². The number of phenols is 1. The molecule has 0 atom stereocenters. The number of ether oxygens (including phenoxy) is 2. The first-order chi connectivity index (χ1) is 16.0. The Bertz CT molecular complexity index is 1280. The van der Waals surface area contributed by atoms with E-state index in [1.165, 1.54) is 36.3 Å². The van der Waals surface area contributed by atoms with E-state index in [2.05, 4.69) is 4.98 Å². The van der Waals surface area contributed by atoms with E-state index in [1.807, 2.05) is 0 Å². The maximum Gasteiger partial charge on any atom is 0.410 e. The van der Waals surface area contributed by atoms with E-state index in [9.17, 15) is 23.9 Å². The topological polar surface area (TPSA) is 109 Å². The van der Waals surface area contributed by atoms with E-state index < -0.39 is 17.5 Å². The first-order valence-corrected chi connectivity index (χ1v) is 10.7. The summed E-state index contributed by atoms with van der Waals surface area (Å²) in [6, 6.07) is 8.85. The second kappa shape index (κ2) is 9.94. The lowest BCUT2D eigenvalue weighted by molar-refractivity contribution is 0.0235. The number of rotatable bonds is 7. The monoisotopic (exact) mass is 470 g/mol. The predicted molar refractivity (Wildman–Crippen MR) is 125 cm³/mol. The quantitative estimate of drug-likeness (QED) is 0.502. The van der Waals surface area contributed by atoms with Gasteiger partial charge >= 0.3 is 6.09 Å². The number of phenolic OH excluding ortho intramolecular Hbond substituents is 1. The molecule has 0 unspecified atom stereocenters. The number of aromatic amines is 1. The molecule has 0 saturated carbocycles. The van der Waals surface area contributed by atoms with Crippen LogP contribution in [0.15, 0.2) is 41.2 Å². The van der Waals surface area contributed by atoms with Gasteiger partial charge < -0.3 is 24.5 Å². The van der Waals surface area contributed by atoms with Crippen LogP contribution in [-0.4, -0.2) is 46.6 Å². The standard InChI is InChI=1S/C25H27FN2O6/c1-25(2,3)34-24(32)28(13-15-11-19(26)18(14-29)21(12-15)33-4)10-9-16-5-7-20(30)23-17(16)6-8-22(31)27-23/h5-8,11-12,14,30H,9-10,13H2,1-4H3,(H,27,31). The number of amides is 1.